The molecule has 216 valence electrons. The topological polar surface area (TPSA) is 86.6 Å². The summed E-state index contributed by atoms with van der Waals surface area (Å²) in [5.74, 6) is -0.917. The molecule has 0 radical (unpaired) electrons. The van der Waals surface area contributed by atoms with Crippen LogP contribution in [-0.2, 0) is 24.2 Å². The van der Waals surface area contributed by atoms with E-state index in [0.29, 0.717) is 35.1 Å². The van der Waals surface area contributed by atoms with Crippen LogP contribution < -0.4 is 4.90 Å². The lowest BCUT2D eigenvalue weighted by Crippen LogP contribution is -2.36. The molecule has 4 aromatic rings. The lowest BCUT2D eigenvalue weighted by Gasteiger charge is -2.27. The van der Waals surface area contributed by atoms with E-state index >= 15 is 0 Å². The molecule has 1 N–H and O–H groups in total. The zero-order valence-corrected chi connectivity index (χ0v) is 25.7. The molecule has 0 unspecified atom stereocenters. The van der Waals surface area contributed by atoms with E-state index < -0.39 is 18.4 Å². The molecular formula is C33H32BrClN4O3. The number of benzene rings is 3. The molecule has 0 aliphatic carbocycles. The van der Waals surface area contributed by atoms with E-state index in [4.69, 9.17) is 16.6 Å². The summed E-state index contributed by atoms with van der Waals surface area (Å²) in [5.41, 5.74) is 5.24. The molecule has 1 amide bonds. The number of nitrogens with zero attached hydrogens (tertiary/aromatic N) is 4. The van der Waals surface area contributed by atoms with Crippen LogP contribution in [0.4, 0.5) is 5.95 Å². The van der Waals surface area contributed by atoms with Gasteiger partial charge in [0.25, 0.3) is 5.91 Å². The van der Waals surface area contributed by atoms with Gasteiger partial charge in [0.05, 0.1) is 17.3 Å². The predicted octanol–water partition coefficient (Wildman–Crippen LogP) is 7.05. The van der Waals surface area contributed by atoms with Crippen LogP contribution in [0.2, 0.25) is 5.02 Å². The highest BCUT2D eigenvalue weighted by Gasteiger charge is 2.30. The Morgan fingerprint density at radius 1 is 1.07 bits per heavy atom. The van der Waals surface area contributed by atoms with Crippen molar-refractivity contribution in [2.24, 2.45) is 0 Å². The fraction of sp³-hybridized carbons (Fsp3) is 0.273. The first-order valence-corrected chi connectivity index (χ1v) is 15.1. The average molecular weight is 648 g/mol. The van der Waals surface area contributed by atoms with Gasteiger partial charge in [-0.05, 0) is 79.1 Å². The second-order valence-electron chi connectivity index (χ2n) is 10.5. The standard InChI is InChI=1S/C33H32BrClN4O3/c1-22-6-2-3-8-24(22)13-16-29-28(32(42)38(21-31(40)41)20-23-7-4-9-26(34)18-23)19-36-33(37-29)39-17-5-10-30(39)25-11-14-27(35)15-12-25/h2-4,6-9,11-12,14-15,18-19,30H,5,10,13,16-17,20-21H2,1H3,(H,40,41)/t30-/m1/s1. The number of anilines is 1. The minimum absolute atomic E-state index is 0.105. The number of hydrogen-bond donors (Lipinski definition) is 1. The Morgan fingerprint density at radius 3 is 2.60 bits per heavy atom. The highest BCUT2D eigenvalue weighted by Crippen LogP contribution is 2.35. The number of carboxylic acids is 1. The van der Waals surface area contributed by atoms with Gasteiger partial charge in [-0.15, -0.1) is 0 Å². The molecule has 0 bridgehead atoms. The van der Waals surface area contributed by atoms with Crippen LogP contribution >= 0.6 is 27.5 Å². The molecule has 5 rings (SSSR count). The van der Waals surface area contributed by atoms with E-state index in [1.54, 1.807) is 6.20 Å². The molecule has 1 atom stereocenters. The van der Waals surface area contributed by atoms with E-state index in [0.717, 1.165) is 35.0 Å². The van der Waals surface area contributed by atoms with Crippen molar-refractivity contribution in [2.45, 2.75) is 45.2 Å². The molecule has 0 spiro atoms. The van der Waals surface area contributed by atoms with Crippen molar-refractivity contribution in [2.75, 3.05) is 18.0 Å². The van der Waals surface area contributed by atoms with E-state index in [1.807, 2.05) is 60.7 Å². The van der Waals surface area contributed by atoms with Crippen molar-refractivity contribution in [3.8, 4) is 0 Å². The molecule has 7 nitrogen and oxygen atoms in total. The smallest absolute Gasteiger partial charge is 0.323 e. The molecule has 9 heteroatoms. The third kappa shape index (κ3) is 7.17. The number of rotatable bonds is 10. The zero-order chi connectivity index (χ0) is 29.6. The van der Waals surface area contributed by atoms with Crippen molar-refractivity contribution in [3.63, 3.8) is 0 Å². The number of carboxylic acid groups (broad SMARTS) is 1. The Kier molecular flexibility index (Phi) is 9.55. The molecule has 42 heavy (non-hydrogen) atoms. The van der Waals surface area contributed by atoms with Gasteiger partial charge in [0.2, 0.25) is 5.95 Å². The molecule has 3 aromatic carbocycles. The first-order chi connectivity index (χ1) is 20.3. The first kappa shape index (κ1) is 29.7. The summed E-state index contributed by atoms with van der Waals surface area (Å²) >= 11 is 9.60. The molecule has 0 saturated carbocycles. The lowest BCUT2D eigenvalue weighted by atomic mass is 10.0. The summed E-state index contributed by atoms with van der Waals surface area (Å²) in [5, 5.41) is 10.3. The van der Waals surface area contributed by atoms with Gasteiger partial charge in [-0.2, -0.15) is 0 Å². The highest BCUT2D eigenvalue weighted by atomic mass is 79.9. The van der Waals surface area contributed by atoms with Gasteiger partial charge in [0.1, 0.15) is 6.54 Å². The van der Waals surface area contributed by atoms with Crippen LogP contribution in [0, 0.1) is 6.92 Å². The average Bonchev–Trinajstić information content (AvgIpc) is 3.46. The summed E-state index contributed by atoms with van der Waals surface area (Å²) in [6.07, 6.45) is 4.73. The Hall–Kier alpha value is -3.75. The van der Waals surface area contributed by atoms with Crippen molar-refractivity contribution in [1.29, 1.82) is 0 Å². The Bertz CT molecular complexity index is 1580. The van der Waals surface area contributed by atoms with E-state index in [9.17, 15) is 14.7 Å². The van der Waals surface area contributed by atoms with Crippen LogP contribution in [0.15, 0.2) is 83.5 Å². The Morgan fingerprint density at radius 2 is 1.86 bits per heavy atom. The maximum absolute atomic E-state index is 14.0. The maximum Gasteiger partial charge on any atom is 0.323 e. The van der Waals surface area contributed by atoms with Crippen LogP contribution in [0.25, 0.3) is 0 Å². The Balaban J connectivity index is 1.49. The summed E-state index contributed by atoms with van der Waals surface area (Å²) in [7, 11) is 0. The second kappa shape index (κ2) is 13.5. The highest BCUT2D eigenvalue weighted by molar-refractivity contribution is 9.10. The number of amides is 1. The van der Waals surface area contributed by atoms with Crippen molar-refractivity contribution < 1.29 is 14.7 Å². The fourth-order valence-corrected chi connectivity index (χ4v) is 6.06. The molecule has 1 aromatic heterocycles. The number of aliphatic carboxylic acids is 1. The maximum atomic E-state index is 14.0. The number of hydrogen-bond acceptors (Lipinski definition) is 5. The van der Waals surface area contributed by atoms with Gasteiger partial charge in [-0.25, -0.2) is 9.97 Å². The quantitative estimate of drug-likeness (QED) is 0.199. The minimum atomic E-state index is -1.08. The molecule has 1 aliphatic heterocycles. The number of halogens is 2. The van der Waals surface area contributed by atoms with Crippen LogP contribution in [0.3, 0.4) is 0 Å². The minimum Gasteiger partial charge on any atom is -0.480 e. The van der Waals surface area contributed by atoms with Gasteiger partial charge >= 0.3 is 5.97 Å². The summed E-state index contributed by atoms with van der Waals surface area (Å²) < 4.78 is 0.857. The number of aryl methyl sites for hydroxylation is 3. The van der Waals surface area contributed by atoms with Crippen LogP contribution in [0.5, 0.6) is 0 Å². The summed E-state index contributed by atoms with van der Waals surface area (Å²) in [4.78, 5) is 39.0. The van der Waals surface area contributed by atoms with E-state index in [-0.39, 0.29) is 12.6 Å². The zero-order valence-electron chi connectivity index (χ0n) is 23.3. The number of carbonyl (C=O) groups excluding carboxylic acids is 1. The molecule has 1 fully saturated rings. The monoisotopic (exact) mass is 646 g/mol. The molecular weight excluding hydrogens is 616 g/mol. The van der Waals surface area contributed by atoms with Crippen molar-refractivity contribution in [3.05, 3.63) is 122 Å². The van der Waals surface area contributed by atoms with Gasteiger partial charge in [-0.1, -0.05) is 76.1 Å². The number of aromatic nitrogens is 2. The SMILES string of the molecule is Cc1ccccc1CCc1nc(N2CCC[C@@H]2c2ccc(Cl)cc2)ncc1C(=O)N(CC(=O)O)Cc1cccc(Br)c1. The van der Waals surface area contributed by atoms with Gasteiger partial charge < -0.3 is 14.9 Å². The molecule has 1 saturated heterocycles. The van der Waals surface area contributed by atoms with E-state index in [2.05, 4.69) is 44.9 Å². The molecule has 1 aliphatic rings. The van der Waals surface area contributed by atoms with Crippen molar-refractivity contribution in [1.82, 2.24) is 14.9 Å². The predicted molar refractivity (Wildman–Crippen MR) is 168 cm³/mol. The van der Waals surface area contributed by atoms with E-state index in [1.165, 1.54) is 16.0 Å². The summed E-state index contributed by atoms with van der Waals surface area (Å²) in [6.45, 7) is 2.58. The van der Waals surface area contributed by atoms with Gasteiger partial charge in [0, 0.05) is 28.8 Å². The van der Waals surface area contributed by atoms with Crippen LogP contribution in [-0.4, -0.2) is 44.9 Å². The third-order valence-corrected chi connectivity index (χ3v) is 8.36. The Labute approximate surface area is 259 Å². The van der Waals surface area contributed by atoms with Gasteiger partial charge in [0.15, 0.2) is 0 Å². The molecule has 2 heterocycles. The third-order valence-electron chi connectivity index (χ3n) is 7.62. The second-order valence-corrected chi connectivity index (χ2v) is 11.9. The first-order valence-electron chi connectivity index (χ1n) is 14.0. The summed E-state index contributed by atoms with van der Waals surface area (Å²) in [6, 6.07) is 23.6. The normalized spacial score (nSPS) is 14.6. The lowest BCUT2D eigenvalue weighted by molar-refractivity contribution is -0.137. The van der Waals surface area contributed by atoms with Crippen molar-refractivity contribution >= 4 is 45.4 Å². The van der Waals surface area contributed by atoms with Gasteiger partial charge in [-0.3, -0.25) is 9.59 Å². The fourth-order valence-electron chi connectivity index (χ4n) is 5.48. The largest absolute Gasteiger partial charge is 0.480 e. The number of carbonyl (C=O) groups is 2. The van der Waals surface area contributed by atoms with Crippen LogP contribution in [0.1, 0.15) is 57.2 Å².